The number of nitrogens with zero attached hydrogens (tertiary/aromatic N) is 3. The van der Waals surface area contributed by atoms with E-state index in [0.29, 0.717) is 37.8 Å². The van der Waals surface area contributed by atoms with Crippen LogP contribution in [0, 0.1) is 11.8 Å². The van der Waals surface area contributed by atoms with Crippen LogP contribution in [-0.2, 0) is 22.4 Å². The first-order chi connectivity index (χ1) is 22.2. The smallest absolute Gasteiger partial charge is 0.318 e. The highest BCUT2D eigenvalue weighted by Gasteiger charge is 2.36. The number of likely N-dealkylation sites (N-methyl/N-ethyl adjacent to an activating group) is 1. The van der Waals surface area contributed by atoms with Gasteiger partial charge in [-0.2, -0.15) is 11.8 Å². The number of carbonyl (C=O) groups excluding carboxylic acids is 3. The number of hydrogen-bond acceptors (Lipinski definition) is 6. The van der Waals surface area contributed by atoms with Crippen LogP contribution < -0.4 is 10.6 Å². The summed E-state index contributed by atoms with van der Waals surface area (Å²) in [6, 6.07) is 7.21. The summed E-state index contributed by atoms with van der Waals surface area (Å²) >= 11 is 1.81. The number of hydrogen-bond donors (Lipinski definition) is 4. The monoisotopic (exact) mass is 654 g/mol. The van der Waals surface area contributed by atoms with Crippen molar-refractivity contribution in [3.8, 4) is 0 Å². The van der Waals surface area contributed by atoms with Gasteiger partial charge in [0.25, 0.3) is 0 Å². The van der Waals surface area contributed by atoms with E-state index >= 15 is 0 Å². The molecular formula is C35H54N6O4S. The number of urea groups is 1. The van der Waals surface area contributed by atoms with Gasteiger partial charge in [-0.15, -0.1) is 0 Å². The van der Waals surface area contributed by atoms with Crippen LogP contribution in [-0.4, -0.2) is 98.6 Å². The third kappa shape index (κ3) is 11.0. The fourth-order valence-electron chi connectivity index (χ4n) is 6.54. The van der Waals surface area contributed by atoms with Gasteiger partial charge in [0, 0.05) is 56.4 Å². The second-order valence-electron chi connectivity index (χ2n) is 13.4. The highest BCUT2D eigenvalue weighted by atomic mass is 32.2. The largest absolute Gasteiger partial charge is 0.391 e. The maximum Gasteiger partial charge on any atom is 0.318 e. The molecule has 1 aliphatic carbocycles. The number of imidazole rings is 1. The minimum Gasteiger partial charge on any atom is -0.391 e. The molecule has 1 aromatic heterocycles. The summed E-state index contributed by atoms with van der Waals surface area (Å²) in [6.45, 7) is 5.53. The molecule has 4 N–H and O–H groups in total. The summed E-state index contributed by atoms with van der Waals surface area (Å²) in [5.74, 6) is 1.97. The highest BCUT2D eigenvalue weighted by molar-refractivity contribution is 7.99. The molecule has 4 amide bonds. The van der Waals surface area contributed by atoms with Gasteiger partial charge in [0.15, 0.2) is 0 Å². The van der Waals surface area contributed by atoms with Gasteiger partial charge in [0.05, 0.1) is 18.5 Å². The van der Waals surface area contributed by atoms with Crippen molar-refractivity contribution in [2.45, 2.75) is 102 Å². The van der Waals surface area contributed by atoms with E-state index in [1.165, 1.54) is 24.2 Å². The van der Waals surface area contributed by atoms with Crippen LogP contribution in [0.4, 0.5) is 4.79 Å². The second kappa shape index (κ2) is 18.3. The molecule has 0 spiro atoms. The topological polar surface area (TPSA) is 131 Å². The van der Waals surface area contributed by atoms with Crippen molar-refractivity contribution in [2.75, 3.05) is 31.6 Å². The van der Waals surface area contributed by atoms with Gasteiger partial charge in [-0.3, -0.25) is 9.59 Å². The molecule has 2 aliphatic rings. The number of thioether (sulfide) groups is 1. The van der Waals surface area contributed by atoms with E-state index in [-0.39, 0.29) is 24.3 Å². The van der Waals surface area contributed by atoms with Crippen LogP contribution in [0.1, 0.15) is 76.5 Å². The normalized spacial score (nSPS) is 18.4. The van der Waals surface area contributed by atoms with E-state index in [0.717, 1.165) is 48.4 Å². The number of aliphatic hydroxyl groups excluding tert-OH is 1. The Bertz CT molecular complexity index is 1200. The zero-order valence-electron chi connectivity index (χ0n) is 27.8. The lowest BCUT2D eigenvalue weighted by Gasteiger charge is -2.35. The standard InChI is InChI=1S/C35H54N6O4S/c1-25(2)14-15-32(42)29(20-26-10-6-4-7-11-26)38-33(43)31(22-28-23-36-24-37-28)40(3)34(44)30(21-27-12-8-5-9-13-27)39-35(45)41-16-18-46-19-17-41/h5,8-9,12-13,23-26,29-32,42H,4,6-7,10-11,14-22H2,1-3H3,(H,36,37)(H,38,43)(H,39,45)/t29-,30-,31-,32-/m0/s1. The van der Waals surface area contributed by atoms with Crippen molar-refractivity contribution in [3.63, 3.8) is 0 Å². The molecule has 0 radical (unpaired) electrons. The van der Waals surface area contributed by atoms with Gasteiger partial charge in [-0.05, 0) is 36.7 Å². The van der Waals surface area contributed by atoms with Crippen LogP contribution in [0.25, 0.3) is 0 Å². The highest BCUT2D eigenvalue weighted by Crippen LogP contribution is 2.29. The number of benzene rings is 1. The molecule has 2 heterocycles. The van der Waals surface area contributed by atoms with Crippen LogP contribution in [0.2, 0.25) is 0 Å². The van der Waals surface area contributed by atoms with Crippen LogP contribution in [0.3, 0.4) is 0 Å². The Morgan fingerprint density at radius 2 is 1.76 bits per heavy atom. The summed E-state index contributed by atoms with van der Waals surface area (Å²) in [6.07, 6.45) is 11.1. The Hall–Kier alpha value is -3.05. The van der Waals surface area contributed by atoms with Gasteiger partial charge in [0.2, 0.25) is 11.8 Å². The van der Waals surface area contributed by atoms with Crippen molar-refractivity contribution in [3.05, 3.63) is 54.1 Å². The van der Waals surface area contributed by atoms with Crippen molar-refractivity contribution in [1.82, 2.24) is 30.4 Å². The van der Waals surface area contributed by atoms with Crippen LogP contribution >= 0.6 is 11.8 Å². The Morgan fingerprint density at radius 1 is 1.04 bits per heavy atom. The first kappa shape index (κ1) is 35.8. The average Bonchev–Trinajstić information content (AvgIpc) is 3.59. The molecular weight excluding hydrogens is 600 g/mol. The lowest BCUT2D eigenvalue weighted by atomic mass is 9.83. The van der Waals surface area contributed by atoms with E-state index in [1.807, 2.05) is 42.1 Å². The molecule has 11 heteroatoms. The number of aromatic amines is 1. The molecule has 4 rings (SSSR count). The third-order valence-corrected chi connectivity index (χ3v) is 10.3. The molecule has 2 fully saturated rings. The summed E-state index contributed by atoms with van der Waals surface area (Å²) < 4.78 is 0. The molecule has 4 atom stereocenters. The number of aromatic nitrogens is 2. The second-order valence-corrected chi connectivity index (χ2v) is 14.7. The Labute approximate surface area is 278 Å². The molecule has 1 saturated carbocycles. The molecule has 1 aromatic carbocycles. The zero-order valence-corrected chi connectivity index (χ0v) is 28.6. The van der Waals surface area contributed by atoms with Gasteiger partial charge < -0.3 is 30.5 Å². The van der Waals surface area contributed by atoms with Crippen molar-refractivity contribution in [2.24, 2.45) is 11.8 Å². The average molecular weight is 655 g/mol. The maximum atomic E-state index is 14.3. The van der Waals surface area contributed by atoms with Gasteiger partial charge in [-0.25, -0.2) is 9.78 Å². The first-order valence-corrected chi connectivity index (χ1v) is 18.3. The minimum atomic E-state index is -0.874. The zero-order chi connectivity index (χ0) is 32.9. The SMILES string of the molecule is CC(C)CC[C@H](O)[C@H](CC1CCCCC1)NC(=O)[C@H](Cc1cnc[nH]1)N(C)C(=O)[C@H](Cc1ccccc1)NC(=O)N1CCSCC1. The molecule has 0 bridgehead atoms. The molecule has 46 heavy (non-hydrogen) atoms. The maximum absolute atomic E-state index is 14.3. The predicted molar refractivity (Wildman–Crippen MR) is 183 cm³/mol. The predicted octanol–water partition coefficient (Wildman–Crippen LogP) is 4.40. The summed E-state index contributed by atoms with van der Waals surface area (Å²) in [5.41, 5.74) is 1.64. The lowest BCUT2D eigenvalue weighted by Crippen LogP contribution is -2.59. The van der Waals surface area contributed by atoms with Crippen molar-refractivity contribution in [1.29, 1.82) is 0 Å². The third-order valence-electron chi connectivity index (χ3n) is 9.41. The summed E-state index contributed by atoms with van der Waals surface area (Å²) in [4.78, 5) is 52.3. The fourth-order valence-corrected chi connectivity index (χ4v) is 7.45. The number of carbonyl (C=O) groups is 3. The Balaban J connectivity index is 1.55. The molecule has 1 aliphatic heterocycles. The fraction of sp³-hybridized carbons (Fsp3) is 0.657. The number of rotatable bonds is 15. The van der Waals surface area contributed by atoms with E-state index in [9.17, 15) is 19.5 Å². The molecule has 0 unspecified atom stereocenters. The van der Waals surface area contributed by atoms with Gasteiger partial charge in [-0.1, -0.05) is 76.3 Å². The van der Waals surface area contributed by atoms with Crippen LogP contribution in [0.5, 0.6) is 0 Å². The van der Waals surface area contributed by atoms with Gasteiger partial charge >= 0.3 is 6.03 Å². The molecule has 1 saturated heterocycles. The summed E-state index contributed by atoms with van der Waals surface area (Å²) in [7, 11) is 1.63. The van der Waals surface area contributed by atoms with E-state index in [1.54, 1.807) is 24.5 Å². The molecule has 254 valence electrons. The van der Waals surface area contributed by atoms with Crippen molar-refractivity contribution >= 4 is 29.6 Å². The number of aliphatic hydroxyl groups is 1. The van der Waals surface area contributed by atoms with E-state index < -0.39 is 24.2 Å². The number of amides is 4. The van der Waals surface area contributed by atoms with Gasteiger partial charge in [0.1, 0.15) is 12.1 Å². The minimum absolute atomic E-state index is 0.224. The first-order valence-electron chi connectivity index (χ1n) is 17.1. The van der Waals surface area contributed by atoms with E-state index in [2.05, 4.69) is 34.4 Å². The summed E-state index contributed by atoms with van der Waals surface area (Å²) in [5, 5.41) is 17.5. The van der Waals surface area contributed by atoms with Crippen LogP contribution in [0.15, 0.2) is 42.9 Å². The Morgan fingerprint density at radius 3 is 2.41 bits per heavy atom. The Kier molecular flexibility index (Phi) is 14.3. The molecule has 10 nitrogen and oxygen atoms in total. The quantitative estimate of drug-likeness (QED) is 0.225. The lowest BCUT2D eigenvalue weighted by molar-refractivity contribution is -0.141. The van der Waals surface area contributed by atoms with E-state index in [4.69, 9.17) is 0 Å². The number of nitrogens with one attached hydrogen (secondary N) is 3. The molecule has 2 aromatic rings. The number of H-pyrrole nitrogens is 1. The van der Waals surface area contributed by atoms with Crippen molar-refractivity contribution < 1.29 is 19.5 Å².